The van der Waals surface area contributed by atoms with E-state index in [1.54, 1.807) is 30.9 Å². The van der Waals surface area contributed by atoms with E-state index >= 15 is 0 Å². The number of benzene rings is 2. The minimum Gasteiger partial charge on any atom is -0.368 e. The van der Waals surface area contributed by atoms with E-state index in [1.807, 2.05) is 38.1 Å². The van der Waals surface area contributed by atoms with E-state index in [4.69, 9.17) is 0 Å². The average molecular weight is 412 g/mol. The zero-order valence-electron chi connectivity index (χ0n) is 17.3. The summed E-state index contributed by atoms with van der Waals surface area (Å²) in [6.07, 6.45) is 4.91. The second kappa shape index (κ2) is 7.75. The van der Waals surface area contributed by atoms with Gasteiger partial charge in [0.05, 0.1) is 22.2 Å². The summed E-state index contributed by atoms with van der Waals surface area (Å²) in [5.41, 5.74) is 6.40. The van der Waals surface area contributed by atoms with Crippen molar-refractivity contribution in [1.29, 1.82) is 0 Å². The summed E-state index contributed by atoms with van der Waals surface area (Å²) in [5, 5.41) is 4.44. The van der Waals surface area contributed by atoms with Crippen molar-refractivity contribution in [3.8, 4) is 11.3 Å². The summed E-state index contributed by atoms with van der Waals surface area (Å²) < 4.78 is 16.1. The number of anilines is 1. The maximum Gasteiger partial charge on any atom is 0.130 e. The van der Waals surface area contributed by atoms with Gasteiger partial charge in [0, 0.05) is 48.2 Å². The van der Waals surface area contributed by atoms with Crippen LogP contribution < -0.4 is 5.32 Å². The Kier molecular flexibility index (Phi) is 4.78. The van der Waals surface area contributed by atoms with Crippen molar-refractivity contribution in [2.24, 2.45) is 0 Å². The molecule has 0 saturated carbocycles. The third-order valence-corrected chi connectivity index (χ3v) is 5.47. The summed E-state index contributed by atoms with van der Waals surface area (Å²) >= 11 is 0. The number of nitrogens with zero attached hydrogens (tertiary/aromatic N) is 5. The van der Waals surface area contributed by atoms with Gasteiger partial charge in [-0.25, -0.2) is 14.4 Å². The maximum absolute atomic E-state index is 13.9. The normalized spacial score (nSPS) is 11.3. The topological polar surface area (TPSA) is 68.5 Å². The van der Waals surface area contributed by atoms with Gasteiger partial charge in [-0.3, -0.25) is 9.97 Å². The maximum atomic E-state index is 13.9. The summed E-state index contributed by atoms with van der Waals surface area (Å²) in [5.74, 6) is 0.526. The van der Waals surface area contributed by atoms with Crippen LogP contribution in [0.5, 0.6) is 0 Å². The Bertz CT molecular complexity index is 1410. The second-order valence-corrected chi connectivity index (χ2v) is 7.57. The fourth-order valence-electron chi connectivity index (χ4n) is 3.95. The number of halogens is 1. The van der Waals surface area contributed by atoms with Gasteiger partial charge in [-0.2, -0.15) is 0 Å². The molecule has 7 heteroatoms. The first-order chi connectivity index (χ1) is 15.1. The Labute approximate surface area is 178 Å². The molecule has 0 atom stereocenters. The van der Waals surface area contributed by atoms with Crippen molar-refractivity contribution in [2.45, 2.75) is 20.4 Å². The third kappa shape index (κ3) is 3.70. The molecule has 0 saturated heterocycles. The van der Waals surface area contributed by atoms with Crippen molar-refractivity contribution in [3.05, 3.63) is 78.3 Å². The summed E-state index contributed by atoms with van der Waals surface area (Å²) in [6, 6.07) is 13.1. The van der Waals surface area contributed by atoms with Crippen LogP contribution >= 0.6 is 0 Å². The molecule has 5 rings (SSSR count). The molecule has 6 nitrogen and oxygen atoms in total. The molecular formula is C24H21FN6. The fourth-order valence-corrected chi connectivity index (χ4v) is 3.95. The van der Waals surface area contributed by atoms with Crippen LogP contribution in [0.25, 0.3) is 33.2 Å². The Morgan fingerprint density at radius 2 is 1.74 bits per heavy atom. The number of aryl methyl sites for hydroxylation is 2. The van der Waals surface area contributed by atoms with Gasteiger partial charge >= 0.3 is 0 Å². The molecule has 154 valence electrons. The zero-order valence-corrected chi connectivity index (χ0v) is 17.3. The molecule has 0 spiro atoms. The number of aromatic nitrogens is 5. The monoisotopic (exact) mass is 412 g/mol. The first kappa shape index (κ1) is 19.1. The number of rotatable bonds is 5. The van der Waals surface area contributed by atoms with E-state index in [9.17, 15) is 4.39 Å². The Balaban J connectivity index is 1.35. The van der Waals surface area contributed by atoms with Gasteiger partial charge in [-0.15, -0.1) is 0 Å². The first-order valence-corrected chi connectivity index (χ1v) is 10.1. The van der Waals surface area contributed by atoms with E-state index in [-0.39, 0.29) is 5.82 Å². The molecule has 31 heavy (non-hydrogen) atoms. The molecule has 0 aliphatic carbocycles. The SMILES string of the molecule is Cc1cc(F)cc2c1cc(C)n2CCNc1cc(-c2ccc3nccnc3c2)ncn1. The standard InChI is InChI=1S/C24H21FN6/c1-15-9-18(25)12-23-19(15)10-16(2)31(23)8-7-28-24-13-21(29-14-30-24)17-3-4-20-22(11-17)27-6-5-26-20/h3-6,9-14H,7-8H2,1-2H3,(H,28,29,30). The highest BCUT2D eigenvalue weighted by Crippen LogP contribution is 2.25. The van der Waals surface area contributed by atoms with E-state index in [0.29, 0.717) is 13.1 Å². The smallest absolute Gasteiger partial charge is 0.130 e. The zero-order chi connectivity index (χ0) is 21.4. The van der Waals surface area contributed by atoms with E-state index in [2.05, 4.69) is 35.9 Å². The van der Waals surface area contributed by atoms with Crippen molar-refractivity contribution in [3.63, 3.8) is 0 Å². The largest absolute Gasteiger partial charge is 0.368 e. The van der Waals surface area contributed by atoms with Crippen LogP contribution in [0.15, 0.2) is 61.2 Å². The van der Waals surface area contributed by atoms with Crippen molar-refractivity contribution < 1.29 is 4.39 Å². The first-order valence-electron chi connectivity index (χ1n) is 10.1. The van der Waals surface area contributed by atoms with Crippen molar-refractivity contribution in [2.75, 3.05) is 11.9 Å². The molecule has 1 N–H and O–H groups in total. The quantitative estimate of drug-likeness (QED) is 0.444. The Morgan fingerprint density at radius 1 is 0.903 bits per heavy atom. The van der Waals surface area contributed by atoms with Crippen LogP contribution in [0.1, 0.15) is 11.3 Å². The summed E-state index contributed by atoms with van der Waals surface area (Å²) in [6.45, 7) is 5.33. The average Bonchev–Trinajstić information content (AvgIpc) is 3.09. The molecule has 5 aromatic rings. The Hall–Kier alpha value is -3.87. The molecule has 2 aromatic carbocycles. The van der Waals surface area contributed by atoms with E-state index in [1.165, 1.54) is 0 Å². The minimum absolute atomic E-state index is 0.210. The number of fused-ring (bicyclic) bond motifs is 2. The van der Waals surface area contributed by atoms with Crippen molar-refractivity contribution >= 4 is 27.8 Å². The van der Waals surface area contributed by atoms with Gasteiger partial charge in [0.1, 0.15) is 18.0 Å². The molecule has 3 heterocycles. The second-order valence-electron chi connectivity index (χ2n) is 7.57. The molecule has 0 aliphatic heterocycles. The molecule has 3 aromatic heterocycles. The van der Waals surface area contributed by atoms with Gasteiger partial charge in [0.15, 0.2) is 0 Å². The predicted octanol–water partition coefficient (Wildman–Crippen LogP) is 4.91. The van der Waals surface area contributed by atoms with Crippen LogP contribution in [-0.2, 0) is 6.54 Å². The molecule has 0 bridgehead atoms. The number of hydrogen-bond donors (Lipinski definition) is 1. The van der Waals surface area contributed by atoms with E-state index < -0.39 is 0 Å². The molecule has 0 amide bonds. The van der Waals surface area contributed by atoms with Gasteiger partial charge in [0.2, 0.25) is 0 Å². The lowest BCUT2D eigenvalue weighted by Crippen LogP contribution is -2.12. The highest BCUT2D eigenvalue weighted by atomic mass is 19.1. The van der Waals surface area contributed by atoms with Crippen LogP contribution in [-0.4, -0.2) is 31.0 Å². The number of nitrogens with one attached hydrogen (secondary N) is 1. The number of hydrogen-bond acceptors (Lipinski definition) is 5. The third-order valence-electron chi connectivity index (χ3n) is 5.47. The van der Waals surface area contributed by atoms with Crippen LogP contribution in [0.2, 0.25) is 0 Å². The molecule has 0 aliphatic rings. The molecule has 0 fully saturated rings. The highest BCUT2D eigenvalue weighted by Gasteiger charge is 2.10. The van der Waals surface area contributed by atoms with Gasteiger partial charge in [-0.1, -0.05) is 6.07 Å². The van der Waals surface area contributed by atoms with Crippen LogP contribution in [0, 0.1) is 19.7 Å². The highest BCUT2D eigenvalue weighted by molar-refractivity contribution is 5.84. The van der Waals surface area contributed by atoms with Crippen LogP contribution in [0.4, 0.5) is 10.2 Å². The van der Waals surface area contributed by atoms with Gasteiger partial charge in [0.25, 0.3) is 0 Å². The minimum atomic E-state index is -0.210. The van der Waals surface area contributed by atoms with Crippen LogP contribution in [0.3, 0.4) is 0 Å². The lowest BCUT2D eigenvalue weighted by atomic mass is 10.1. The van der Waals surface area contributed by atoms with Gasteiger partial charge in [-0.05, 0) is 49.7 Å². The molecular weight excluding hydrogens is 391 g/mol. The van der Waals surface area contributed by atoms with Gasteiger partial charge < -0.3 is 9.88 Å². The van der Waals surface area contributed by atoms with Crippen molar-refractivity contribution in [1.82, 2.24) is 24.5 Å². The fraction of sp³-hybridized carbons (Fsp3) is 0.167. The lowest BCUT2D eigenvalue weighted by molar-refractivity contribution is 0.626. The summed E-state index contributed by atoms with van der Waals surface area (Å²) in [7, 11) is 0. The lowest BCUT2D eigenvalue weighted by Gasteiger charge is -2.11. The van der Waals surface area contributed by atoms with E-state index in [0.717, 1.165) is 50.3 Å². The molecule has 0 radical (unpaired) electrons. The molecule has 0 unspecified atom stereocenters. The Morgan fingerprint density at radius 3 is 2.61 bits per heavy atom. The predicted molar refractivity (Wildman–Crippen MR) is 120 cm³/mol. The summed E-state index contributed by atoms with van der Waals surface area (Å²) in [4.78, 5) is 17.4.